The van der Waals surface area contributed by atoms with E-state index >= 15 is 0 Å². The van der Waals surface area contributed by atoms with E-state index in [-0.39, 0.29) is 5.91 Å². The second kappa shape index (κ2) is 9.10. The number of rotatable bonds is 7. The molecule has 0 aliphatic carbocycles. The first-order valence-electron chi connectivity index (χ1n) is 9.73. The maximum atomic E-state index is 12.4. The summed E-state index contributed by atoms with van der Waals surface area (Å²) in [4.78, 5) is 16.7. The number of aromatic nitrogens is 1. The minimum absolute atomic E-state index is 0.266. The summed E-state index contributed by atoms with van der Waals surface area (Å²) in [6, 6.07) is 19.3. The number of amides is 1. The zero-order valence-electron chi connectivity index (χ0n) is 16.1. The standard InChI is InChI=1S/C23H23N3O3/c27-23(26-18-9-11-21-22(15-18)29-14-13-28-21)20-10-8-19(16-25-20)24-12-4-7-17-5-2-1-3-6-17/h1-3,5-6,8-11,15-16,24H,4,7,12-14H2,(H,26,27). The number of ether oxygens (including phenoxy) is 2. The number of fused-ring (bicyclic) bond motifs is 1. The van der Waals surface area contributed by atoms with Crippen LogP contribution in [0.1, 0.15) is 22.5 Å². The van der Waals surface area contributed by atoms with Gasteiger partial charge in [0.25, 0.3) is 5.91 Å². The van der Waals surface area contributed by atoms with Gasteiger partial charge in [0.05, 0.1) is 11.9 Å². The Morgan fingerprint density at radius 2 is 1.72 bits per heavy atom. The Hall–Kier alpha value is -3.54. The minimum atomic E-state index is -0.266. The highest BCUT2D eigenvalue weighted by molar-refractivity contribution is 6.03. The van der Waals surface area contributed by atoms with Crippen molar-refractivity contribution in [2.24, 2.45) is 0 Å². The van der Waals surface area contributed by atoms with Gasteiger partial charge in [-0.25, -0.2) is 4.98 Å². The number of nitrogens with zero attached hydrogens (tertiary/aromatic N) is 1. The molecule has 0 saturated carbocycles. The van der Waals surface area contributed by atoms with Crippen LogP contribution < -0.4 is 20.1 Å². The summed E-state index contributed by atoms with van der Waals surface area (Å²) < 4.78 is 11.0. The van der Waals surface area contributed by atoms with Gasteiger partial charge in [-0.15, -0.1) is 0 Å². The van der Waals surface area contributed by atoms with Gasteiger partial charge in [-0.05, 0) is 42.7 Å². The maximum Gasteiger partial charge on any atom is 0.274 e. The molecule has 0 atom stereocenters. The fraction of sp³-hybridized carbons (Fsp3) is 0.217. The predicted molar refractivity (Wildman–Crippen MR) is 113 cm³/mol. The molecule has 1 aliphatic heterocycles. The Kier molecular flexibility index (Phi) is 5.90. The van der Waals surface area contributed by atoms with Gasteiger partial charge in [0.1, 0.15) is 18.9 Å². The number of pyridine rings is 1. The third-order valence-electron chi connectivity index (χ3n) is 4.61. The highest BCUT2D eigenvalue weighted by Gasteiger charge is 2.14. The first-order chi connectivity index (χ1) is 14.3. The van der Waals surface area contributed by atoms with Gasteiger partial charge >= 0.3 is 0 Å². The first-order valence-corrected chi connectivity index (χ1v) is 9.73. The molecule has 2 heterocycles. The van der Waals surface area contributed by atoms with Crippen molar-refractivity contribution >= 4 is 17.3 Å². The van der Waals surface area contributed by atoms with E-state index in [1.165, 1.54) is 5.56 Å². The van der Waals surface area contributed by atoms with Crippen LogP contribution in [0.5, 0.6) is 11.5 Å². The van der Waals surface area contributed by atoms with Crippen molar-refractivity contribution in [1.82, 2.24) is 4.98 Å². The van der Waals surface area contributed by atoms with Crippen LogP contribution in [-0.2, 0) is 6.42 Å². The third-order valence-corrected chi connectivity index (χ3v) is 4.61. The Balaban J connectivity index is 1.27. The van der Waals surface area contributed by atoms with Gasteiger partial charge in [-0.3, -0.25) is 4.79 Å². The number of nitrogens with one attached hydrogen (secondary N) is 2. The van der Waals surface area contributed by atoms with Crippen LogP contribution in [0.25, 0.3) is 0 Å². The molecule has 0 spiro atoms. The number of anilines is 2. The van der Waals surface area contributed by atoms with Crippen molar-refractivity contribution in [1.29, 1.82) is 0 Å². The zero-order chi connectivity index (χ0) is 19.9. The quantitative estimate of drug-likeness (QED) is 0.594. The van der Waals surface area contributed by atoms with Crippen LogP contribution in [-0.4, -0.2) is 30.6 Å². The number of carbonyl (C=O) groups is 1. The van der Waals surface area contributed by atoms with E-state index in [2.05, 4.69) is 39.9 Å². The van der Waals surface area contributed by atoms with Crippen LogP contribution in [0.4, 0.5) is 11.4 Å². The summed E-state index contributed by atoms with van der Waals surface area (Å²) in [7, 11) is 0. The van der Waals surface area contributed by atoms with Gasteiger partial charge in [0, 0.05) is 18.3 Å². The second-order valence-electron chi connectivity index (χ2n) is 6.76. The molecule has 1 amide bonds. The number of hydrogen-bond acceptors (Lipinski definition) is 5. The van der Waals surface area contributed by atoms with E-state index in [0.717, 1.165) is 25.1 Å². The average Bonchev–Trinajstić information content (AvgIpc) is 2.78. The third kappa shape index (κ3) is 5.04. The van der Waals surface area contributed by atoms with E-state index in [9.17, 15) is 4.79 Å². The van der Waals surface area contributed by atoms with E-state index in [1.807, 2.05) is 12.1 Å². The smallest absolute Gasteiger partial charge is 0.274 e. The number of benzene rings is 2. The summed E-state index contributed by atoms with van der Waals surface area (Å²) >= 11 is 0. The molecule has 29 heavy (non-hydrogen) atoms. The van der Waals surface area contributed by atoms with Gasteiger partial charge in [-0.2, -0.15) is 0 Å². The summed E-state index contributed by atoms with van der Waals surface area (Å²) in [5, 5.41) is 6.18. The monoisotopic (exact) mass is 389 g/mol. The number of hydrogen-bond donors (Lipinski definition) is 2. The van der Waals surface area contributed by atoms with Crippen LogP contribution >= 0.6 is 0 Å². The number of carbonyl (C=O) groups excluding carboxylic acids is 1. The molecule has 0 radical (unpaired) electrons. The molecule has 6 heteroatoms. The van der Waals surface area contributed by atoms with Crippen LogP contribution in [0.3, 0.4) is 0 Å². The molecule has 0 bridgehead atoms. The normalized spacial score (nSPS) is 12.3. The van der Waals surface area contributed by atoms with Crippen molar-refractivity contribution in [3.63, 3.8) is 0 Å². The highest BCUT2D eigenvalue weighted by atomic mass is 16.6. The molecule has 0 saturated heterocycles. The van der Waals surface area contributed by atoms with Crippen molar-refractivity contribution in [3.8, 4) is 11.5 Å². The molecule has 2 aromatic carbocycles. The molecule has 1 aromatic heterocycles. The van der Waals surface area contributed by atoms with Crippen molar-refractivity contribution in [3.05, 3.63) is 78.1 Å². The Bertz CT molecular complexity index is 959. The fourth-order valence-electron chi connectivity index (χ4n) is 3.12. The van der Waals surface area contributed by atoms with Crippen molar-refractivity contribution in [2.75, 3.05) is 30.4 Å². The summed E-state index contributed by atoms with van der Waals surface area (Å²) in [6.45, 7) is 1.89. The summed E-state index contributed by atoms with van der Waals surface area (Å²) in [6.07, 6.45) is 3.73. The Morgan fingerprint density at radius 3 is 2.52 bits per heavy atom. The molecule has 0 fully saturated rings. The second-order valence-corrected chi connectivity index (χ2v) is 6.76. The topological polar surface area (TPSA) is 72.5 Å². The van der Waals surface area contributed by atoms with E-state index in [0.29, 0.717) is 36.1 Å². The average molecular weight is 389 g/mol. The van der Waals surface area contributed by atoms with Crippen LogP contribution in [0.15, 0.2) is 66.9 Å². The molecule has 6 nitrogen and oxygen atoms in total. The lowest BCUT2D eigenvalue weighted by atomic mass is 10.1. The molecule has 3 aromatic rings. The fourth-order valence-corrected chi connectivity index (χ4v) is 3.12. The molecule has 1 aliphatic rings. The molecule has 148 valence electrons. The van der Waals surface area contributed by atoms with Gasteiger partial charge < -0.3 is 20.1 Å². The minimum Gasteiger partial charge on any atom is -0.486 e. The zero-order valence-corrected chi connectivity index (χ0v) is 16.1. The van der Waals surface area contributed by atoms with Crippen LogP contribution in [0, 0.1) is 0 Å². The lowest BCUT2D eigenvalue weighted by Gasteiger charge is -2.19. The maximum absolute atomic E-state index is 12.4. The number of aryl methyl sites for hydroxylation is 1. The molecular formula is C23H23N3O3. The van der Waals surface area contributed by atoms with Crippen LogP contribution in [0.2, 0.25) is 0 Å². The van der Waals surface area contributed by atoms with Gasteiger partial charge in [0.15, 0.2) is 11.5 Å². The van der Waals surface area contributed by atoms with E-state index in [4.69, 9.17) is 9.47 Å². The Morgan fingerprint density at radius 1 is 0.931 bits per heavy atom. The van der Waals surface area contributed by atoms with Crippen molar-refractivity contribution < 1.29 is 14.3 Å². The van der Waals surface area contributed by atoms with Gasteiger partial charge in [-0.1, -0.05) is 30.3 Å². The SMILES string of the molecule is O=C(Nc1ccc2c(c1)OCCO2)c1ccc(NCCCc2ccccc2)cn1. The molecule has 0 unspecified atom stereocenters. The lowest BCUT2D eigenvalue weighted by molar-refractivity contribution is 0.102. The molecular weight excluding hydrogens is 366 g/mol. The van der Waals surface area contributed by atoms with E-state index in [1.54, 1.807) is 30.5 Å². The lowest BCUT2D eigenvalue weighted by Crippen LogP contribution is -2.17. The molecule has 2 N–H and O–H groups in total. The first kappa shape index (κ1) is 18.8. The summed E-state index contributed by atoms with van der Waals surface area (Å²) in [5.41, 5.74) is 3.23. The van der Waals surface area contributed by atoms with Gasteiger partial charge in [0.2, 0.25) is 0 Å². The van der Waals surface area contributed by atoms with E-state index < -0.39 is 0 Å². The largest absolute Gasteiger partial charge is 0.486 e. The van der Waals surface area contributed by atoms with Crippen molar-refractivity contribution in [2.45, 2.75) is 12.8 Å². The predicted octanol–water partition coefficient (Wildman–Crippen LogP) is 4.15. The highest BCUT2D eigenvalue weighted by Crippen LogP contribution is 2.32. The summed E-state index contributed by atoms with van der Waals surface area (Å²) in [5.74, 6) is 1.06. The Labute approximate surface area is 169 Å². The molecule has 4 rings (SSSR count).